The van der Waals surface area contributed by atoms with Crippen LogP contribution in [0.5, 0.6) is 0 Å². The van der Waals surface area contributed by atoms with E-state index >= 15 is 0 Å². The molecule has 8 heteroatoms. The van der Waals surface area contributed by atoms with Crippen LogP contribution >= 0.6 is 12.4 Å². The van der Waals surface area contributed by atoms with Crippen LogP contribution in [0.25, 0.3) is 5.95 Å². The zero-order valence-electron chi connectivity index (χ0n) is 17.4. The summed E-state index contributed by atoms with van der Waals surface area (Å²) in [4.78, 5) is 23.9. The molecule has 2 aromatic rings. The normalized spacial score (nSPS) is 17.9. The first-order valence-corrected chi connectivity index (χ1v) is 9.67. The molecule has 2 aromatic heterocycles. The molecular weight excluding hydrogens is 376 g/mol. The van der Waals surface area contributed by atoms with E-state index in [1.54, 1.807) is 4.68 Å². The van der Waals surface area contributed by atoms with Crippen molar-refractivity contribution in [2.24, 2.45) is 11.7 Å². The van der Waals surface area contributed by atoms with Crippen LogP contribution in [0.4, 0.5) is 0 Å². The third kappa shape index (κ3) is 4.70. The molecule has 0 aliphatic carbocycles. The van der Waals surface area contributed by atoms with Crippen molar-refractivity contribution >= 4 is 18.3 Å². The molecule has 1 amide bonds. The maximum Gasteiger partial charge on any atom is 0.251 e. The van der Waals surface area contributed by atoms with E-state index in [1.165, 1.54) is 0 Å². The monoisotopic (exact) mass is 406 g/mol. The standard InChI is InChI=1S/C20H30N6O.ClH/c1-12-9-13(2)23-20(22-12)26-16(5)18(15(4)24-26)10-19(27)25-8-6-7-17(11-25)14(3)21;/h9,14,17H,6-8,10-11,21H2,1-5H3;1H. The molecule has 28 heavy (non-hydrogen) atoms. The van der Waals surface area contributed by atoms with Gasteiger partial charge in [-0.15, -0.1) is 12.4 Å². The van der Waals surface area contributed by atoms with Gasteiger partial charge < -0.3 is 10.6 Å². The lowest BCUT2D eigenvalue weighted by Gasteiger charge is -2.34. The lowest BCUT2D eigenvalue weighted by atomic mass is 9.92. The van der Waals surface area contributed by atoms with Gasteiger partial charge in [-0.25, -0.2) is 14.6 Å². The number of halogens is 1. The molecule has 2 N–H and O–H groups in total. The van der Waals surface area contributed by atoms with Crippen molar-refractivity contribution < 1.29 is 4.79 Å². The number of nitrogens with zero attached hydrogens (tertiary/aromatic N) is 5. The number of carbonyl (C=O) groups excluding carboxylic acids is 1. The van der Waals surface area contributed by atoms with E-state index in [0.717, 1.165) is 54.3 Å². The fraction of sp³-hybridized carbons (Fsp3) is 0.600. The number of carbonyl (C=O) groups is 1. The molecule has 0 saturated carbocycles. The summed E-state index contributed by atoms with van der Waals surface area (Å²) in [5.41, 5.74) is 10.6. The van der Waals surface area contributed by atoms with Gasteiger partial charge in [0.05, 0.1) is 12.1 Å². The summed E-state index contributed by atoms with van der Waals surface area (Å²) in [5, 5.41) is 4.60. The fourth-order valence-corrected chi connectivity index (χ4v) is 3.86. The molecule has 7 nitrogen and oxygen atoms in total. The molecule has 3 heterocycles. The highest BCUT2D eigenvalue weighted by molar-refractivity contribution is 5.85. The molecule has 1 aliphatic rings. The molecule has 1 saturated heterocycles. The number of likely N-dealkylation sites (tertiary alicyclic amines) is 1. The van der Waals surface area contributed by atoms with E-state index < -0.39 is 0 Å². The quantitative estimate of drug-likeness (QED) is 0.842. The molecule has 2 atom stereocenters. The van der Waals surface area contributed by atoms with Crippen LogP contribution in [0.2, 0.25) is 0 Å². The number of aromatic nitrogens is 4. The van der Waals surface area contributed by atoms with Crippen LogP contribution in [0.1, 0.15) is 48.1 Å². The molecule has 0 aromatic carbocycles. The van der Waals surface area contributed by atoms with E-state index in [9.17, 15) is 4.79 Å². The second-order valence-electron chi connectivity index (χ2n) is 7.79. The van der Waals surface area contributed by atoms with Crippen molar-refractivity contribution in [2.45, 2.75) is 59.9 Å². The molecule has 0 bridgehead atoms. The molecule has 154 valence electrons. The summed E-state index contributed by atoms with van der Waals surface area (Å²) in [6, 6.07) is 2.05. The van der Waals surface area contributed by atoms with Gasteiger partial charge in [-0.1, -0.05) is 0 Å². The zero-order valence-corrected chi connectivity index (χ0v) is 18.2. The van der Waals surface area contributed by atoms with Crippen LogP contribution in [-0.4, -0.2) is 49.7 Å². The van der Waals surface area contributed by atoms with Gasteiger partial charge in [0.25, 0.3) is 5.95 Å². The minimum Gasteiger partial charge on any atom is -0.342 e. The van der Waals surface area contributed by atoms with E-state index in [-0.39, 0.29) is 24.4 Å². The molecule has 3 rings (SSSR count). The van der Waals surface area contributed by atoms with Crippen molar-refractivity contribution in [3.05, 3.63) is 34.4 Å². The first-order valence-electron chi connectivity index (χ1n) is 9.67. The lowest BCUT2D eigenvalue weighted by Crippen LogP contribution is -2.45. The Balaban J connectivity index is 0.00000280. The predicted octanol–water partition coefficient (Wildman–Crippen LogP) is 2.45. The third-order valence-corrected chi connectivity index (χ3v) is 5.48. The van der Waals surface area contributed by atoms with Crippen LogP contribution in [0, 0.1) is 33.6 Å². The maximum absolute atomic E-state index is 12.9. The molecule has 0 radical (unpaired) electrons. The van der Waals surface area contributed by atoms with Crippen molar-refractivity contribution in [3.8, 4) is 5.95 Å². The van der Waals surface area contributed by atoms with Gasteiger partial charge in [0.15, 0.2) is 0 Å². The minimum absolute atomic E-state index is 0. The Hall–Kier alpha value is -1.99. The average Bonchev–Trinajstić information content (AvgIpc) is 2.89. The van der Waals surface area contributed by atoms with Gasteiger partial charge in [-0.05, 0) is 59.4 Å². The van der Waals surface area contributed by atoms with Gasteiger partial charge in [-0.3, -0.25) is 4.79 Å². The number of aryl methyl sites for hydroxylation is 3. The fourth-order valence-electron chi connectivity index (χ4n) is 3.86. The Morgan fingerprint density at radius 1 is 1.25 bits per heavy atom. The van der Waals surface area contributed by atoms with Crippen molar-refractivity contribution in [3.63, 3.8) is 0 Å². The number of rotatable bonds is 4. The highest BCUT2D eigenvalue weighted by Gasteiger charge is 2.27. The van der Waals surface area contributed by atoms with E-state index in [0.29, 0.717) is 18.3 Å². The lowest BCUT2D eigenvalue weighted by molar-refractivity contribution is -0.132. The summed E-state index contributed by atoms with van der Waals surface area (Å²) in [5.74, 6) is 1.09. The number of nitrogens with two attached hydrogens (primary N) is 1. The summed E-state index contributed by atoms with van der Waals surface area (Å²) in [6.45, 7) is 11.4. The highest BCUT2D eigenvalue weighted by Crippen LogP contribution is 2.22. The van der Waals surface area contributed by atoms with Crippen molar-refractivity contribution in [1.82, 2.24) is 24.6 Å². The number of hydrogen-bond acceptors (Lipinski definition) is 5. The van der Waals surface area contributed by atoms with Gasteiger partial charge >= 0.3 is 0 Å². The van der Waals surface area contributed by atoms with Crippen LogP contribution in [0.15, 0.2) is 6.07 Å². The van der Waals surface area contributed by atoms with Crippen LogP contribution in [-0.2, 0) is 11.2 Å². The van der Waals surface area contributed by atoms with Gasteiger partial charge in [0.1, 0.15) is 0 Å². The second-order valence-corrected chi connectivity index (χ2v) is 7.79. The SMILES string of the molecule is Cc1cc(C)nc(-n2nc(C)c(CC(=O)N3CCCC(C(C)N)C3)c2C)n1.Cl. The van der Waals surface area contributed by atoms with Crippen LogP contribution in [0.3, 0.4) is 0 Å². The zero-order chi connectivity index (χ0) is 19.7. The number of hydrogen-bond donors (Lipinski definition) is 1. The summed E-state index contributed by atoms with van der Waals surface area (Å²) >= 11 is 0. The molecule has 1 aliphatic heterocycles. The topological polar surface area (TPSA) is 89.9 Å². The first-order chi connectivity index (χ1) is 12.8. The Bertz CT molecular complexity index is 827. The summed E-state index contributed by atoms with van der Waals surface area (Å²) in [7, 11) is 0. The second kappa shape index (κ2) is 9.01. The smallest absolute Gasteiger partial charge is 0.251 e. The summed E-state index contributed by atoms with van der Waals surface area (Å²) < 4.78 is 1.75. The highest BCUT2D eigenvalue weighted by atomic mass is 35.5. The predicted molar refractivity (Wildman–Crippen MR) is 112 cm³/mol. The third-order valence-electron chi connectivity index (χ3n) is 5.48. The van der Waals surface area contributed by atoms with E-state index in [2.05, 4.69) is 15.1 Å². The van der Waals surface area contributed by atoms with Gasteiger partial charge in [-0.2, -0.15) is 5.10 Å². The molecule has 0 spiro atoms. The van der Waals surface area contributed by atoms with Gasteiger partial charge in [0.2, 0.25) is 5.91 Å². The Labute approximate surface area is 173 Å². The maximum atomic E-state index is 12.9. The average molecular weight is 407 g/mol. The van der Waals surface area contributed by atoms with Crippen molar-refractivity contribution in [2.75, 3.05) is 13.1 Å². The Morgan fingerprint density at radius 2 is 1.89 bits per heavy atom. The minimum atomic E-state index is 0. The van der Waals surface area contributed by atoms with Crippen molar-refractivity contribution in [1.29, 1.82) is 0 Å². The van der Waals surface area contributed by atoms with E-state index in [1.807, 2.05) is 45.6 Å². The Kier molecular flexibility index (Phi) is 7.17. The Morgan fingerprint density at radius 3 is 2.50 bits per heavy atom. The molecule has 2 unspecified atom stereocenters. The van der Waals surface area contributed by atoms with Gasteiger partial charge in [0, 0.05) is 41.8 Å². The summed E-state index contributed by atoms with van der Waals surface area (Å²) in [6.07, 6.45) is 2.47. The molecule has 1 fully saturated rings. The van der Waals surface area contributed by atoms with E-state index in [4.69, 9.17) is 5.73 Å². The number of piperidine rings is 1. The van der Waals surface area contributed by atoms with Crippen LogP contribution < -0.4 is 5.73 Å². The first kappa shape index (κ1) is 22.3. The molecular formula is C20H31ClN6O. The largest absolute Gasteiger partial charge is 0.342 e. The number of amides is 1.